The highest BCUT2D eigenvalue weighted by atomic mass is 35.5. The van der Waals surface area contributed by atoms with Crippen molar-refractivity contribution < 1.29 is 19.0 Å². The fraction of sp³-hybridized carbons (Fsp3) is 0.0800. The molecule has 0 aliphatic rings. The highest BCUT2D eigenvalue weighted by Gasteiger charge is 2.12. The lowest BCUT2D eigenvalue weighted by molar-refractivity contribution is 0.0977. The number of fused-ring (bicyclic) bond motifs is 1. The maximum Gasteiger partial charge on any atom is 0.257 e. The number of nitrogens with one attached hydrogen (secondary N) is 2. The van der Waals surface area contributed by atoms with Crippen LogP contribution in [0.2, 0.25) is 10.0 Å². The molecule has 0 radical (unpaired) electrons. The van der Waals surface area contributed by atoms with Crippen LogP contribution in [0, 0.1) is 0 Å². The number of ether oxygens (including phenoxy) is 3. The van der Waals surface area contributed by atoms with Crippen molar-refractivity contribution in [2.45, 2.75) is 0 Å². The third-order valence-corrected chi connectivity index (χ3v) is 5.54. The third-order valence-electron chi connectivity index (χ3n) is 4.90. The number of aromatic nitrogens is 1. The molecule has 0 atom stereocenters. The lowest BCUT2D eigenvalue weighted by atomic mass is 10.2. The topological polar surface area (TPSA) is 81.7 Å². The molecule has 1 heterocycles. The molecule has 0 aliphatic carbocycles. The van der Waals surface area contributed by atoms with Gasteiger partial charge in [0.1, 0.15) is 11.5 Å². The van der Waals surface area contributed by atoms with Gasteiger partial charge >= 0.3 is 0 Å². The molecule has 1 amide bonds. The third kappa shape index (κ3) is 5.92. The summed E-state index contributed by atoms with van der Waals surface area (Å²) in [4.78, 5) is 16.8. The smallest absolute Gasteiger partial charge is 0.257 e. The minimum Gasteiger partial charge on any atom is -0.493 e. The second-order valence-electron chi connectivity index (χ2n) is 7.23. The lowest BCUT2D eigenvalue weighted by Crippen LogP contribution is -2.34. The first-order valence-corrected chi connectivity index (χ1v) is 11.4. The standard InChI is InChI=1S/C25H19Cl2N3O4S/c1-32-22-12-19-20(13-23(22)33-2)28-8-7-21(19)34-18-5-3-17(4-6-18)29-25(35)30-24(31)14-9-15(26)11-16(27)10-14/h3-13H,1-2H3,(H2,29,30,31,35). The molecule has 0 aliphatic heterocycles. The number of hydrogen-bond acceptors (Lipinski definition) is 6. The van der Waals surface area contributed by atoms with Crippen LogP contribution in [0.25, 0.3) is 10.9 Å². The van der Waals surface area contributed by atoms with E-state index < -0.39 is 5.91 Å². The van der Waals surface area contributed by atoms with Gasteiger partial charge in [-0.2, -0.15) is 0 Å². The van der Waals surface area contributed by atoms with E-state index in [4.69, 9.17) is 49.6 Å². The number of pyridine rings is 1. The van der Waals surface area contributed by atoms with Crippen molar-refractivity contribution >= 4 is 63.0 Å². The van der Waals surface area contributed by atoms with Gasteiger partial charge < -0.3 is 19.5 Å². The van der Waals surface area contributed by atoms with Gasteiger partial charge in [-0.05, 0) is 66.8 Å². The number of rotatable bonds is 6. The van der Waals surface area contributed by atoms with E-state index in [1.165, 1.54) is 12.1 Å². The van der Waals surface area contributed by atoms with E-state index in [0.717, 1.165) is 5.39 Å². The predicted octanol–water partition coefficient (Wildman–Crippen LogP) is 6.48. The Morgan fingerprint density at radius 1 is 0.886 bits per heavy atom. The number of carbonyl (C=O) groups excluding carboxylic acids is 1. The fourth-order valence-corrected chi connectivity index (χ4v) is 4.03. The zero-order valence-electron chi connectivity index (χ0n) is 18.6. The van der Waals surface area contributed by atoms with Crippen molar-refractivity contribution in [2.75, 3.05) is 19.5 Å². The van der Waals surface area contributed by atoms with Crippen molar-refractivity contribution in [3.63, 3.8) is 0 Å². The average molecular weight is 528 g/mol. The number of hydrogen-bond donors (Lipinski definition) is 2. The van der Waals surface area contributed by atoms with Crippen molar-refractivity contribution in [3.8, 4) is 23.0 Å². The summed E-state index contributed by atoms with van der Waals surface area (Å²) in [6.45, 7) is 0. The number of halogens is 2. The molecule has 7 nitrogen and oxygen atoms in total. The van der Waals surface area contributed by atoms with Crippen LogP contribution in [0.4, 0.5) is 5.69 Å². The predicted molar refractivity (Wildman–Crippen MR) is 142 cm³/mol. The van der Waals surface area contributed by atoms with E-state index in [0.29, 0.717) is 49.8 Å². The summed E-state index contributed by atoms with van der Waals surface area (Å²) in [6, 6.07) is 17.0. The first kappa shape index (κ1) is 24.5. The summed E-state index contributed by atoms with van der Waals surface area (Å²) in [5.41, 5.74) is 1.67. The number of anilines is 1. The second-order valence-corrected chi connectivity index (χ2v) is 8.51. The number of benzene rings is 3. The fourth-order valence-electron chi connectivity index (χ4n) is 3.29. The molecule has 178 valence electrons. The lowest BCUT2D eigenvalue weighted by Gasteiger charge is -2.13. The number of thiocarbonyl (C=S) groups is 1. The Hall–Kier alpha value is -3.59. The molecular formula is C25H19Cl2N3O4S. The largest absolute Gasteiger partial charge is 0.493 e. The Morgan fingerprint density at radius 3 is 2.20 bits per heavy atom. The van der Waals surface area contributed by atoms with Gasteiger partial charge in [0.05, 0.1) is 19.7 Å². The van der Waals surface area contributed by atoms with Gasteiger partial charge in [-0.1, -0.05) is 23.2 Å². The second kappa shape index (κ2) is 10.8. The number of methoxy groups -OCH3 is 2. The highest BCUT2D eigenvalue weighted by molar-refractivity contribution is 7.80. The minimum absolute atomic E-state index is 0.126. The minimum atomic E-state index is -0.427. The van der Waals surface area contributed by atoms with Crippen LogP contribution in [0.1, 0.15) is 10.4 Å². The van der Waals surface area contributed by atoms with Gasteiger partial charge in [0.15, 0.2) is 16.6 Å². The quantitative estimate of drug-likeness (QED) is 0.277. The molecule has 35 heavy (non-hydrogen) atoms. The zero-order valence-corrected chi connectivity index (χ0v) is 20.9. The molecule has 4 aromatic rings. The molecule has 3 aromatic carbocycles. The Morgan fingerprint density at radius 2 is 1.54 bits per heavy atom. The maximum absolute atomic E-state index is 12.4. The Bertz CT molecular complexity index is 1390. The van der Waals surface area contributed by atoms with Gasteiger partial charge in [-0.25, -0.2) is 0 Å². The molecular weight excluding hydrogens is 509 g/mol. The SMILES string of the molecule is COc1cc2nccc(Oc3ccc(NC(=S)NC(=O)c4cc(Cl)cc(Cl)c4)cc3)c2cc1OC. The van der Waals surface area contributed by atoms with E-state index in [-0.39, 0.29) is 5.11 Å². The molecule has 0 spiro atoms. The summed E-state index contributed by atoms with van der Waals surface area (Å²) in [5.74, 6) is 1.94. The van der Waals surface area contributed by atoms with Crippen LogP contribution < -0.4 is 24.8 Å². The zero-order chi connectivity index (χ0) is 24.9. The van der Waals surface area contributed by atoms with Gasteiger partial charge in [0.2, 0.25) is 0 Å². The Balaban J connectivity index is 1.44. The molecule has 2 N–H and O–H groups in total. The molecule has 0 fully saturated rings. The van der Waals surface area contributed by atoms with Crippen LogP contribution in [-0.4, -0.2) is 30.2 Å². The van der Waals surface area contributed by atoms with Gasteiger partial charge in [0.25, 0.3) is 5.91 Å². The van der Waals surface area contributed by atoms with Gasteiger partial charge in [0, 0.05) is 38.9 Å². The summed E-state index contributed by atoms with van der Waals surface area (Å²) in [7, 11) is 3.15. The van der Waals surface area contributed by atoms with Crippen LogP contribution in [-0.2, 0) is 0 Å². The normalized spacial score (nSPS) is 10.5. The molecule has 4 rings (SSSR count). The van der Waals surface area contributed by atoms with Crippen molar-refractivity contribution in [3.05, 3.63) is 82.5 Å². The van der Waals surface area contributed by atoms with E-state index in [9.17, 15) is 4.79 Å². The first-order valence-electron chi connectivity index (χ1n) is 10.2. The number of amides is 1. The van der Waals surface area contributed by atoms with E-state index in [1.807, 2.05) is 6.07 Å². The average Bonchev–Trinajstić information content (AvgIpc) is 2.84. The molecule has 0 saturated heterocycles. The van der Waals surface area contributed by atoms with Gasteiger partial charge in [-0.3, -0.25) is 15.1 Å². The van der Waals surface area contributed by atoms with E-state index in [1.54, 1.807) is 62.9 Å². The Kier molecular flexibility index (Phi) is 7.55. The van der Waals surface area contributed by atoms with E-state index in [2.05, 4.69) is 15.6 Å². The summed E-state index contributed by atoms with van der Waals surface area (Å²) < 4.78 is 16.8. The van der Waals surface area contributed by atoms with Gasteiger partial charge in [-0.15, -0.1) is 0 Å². The summed E-state index contributed by atoms with van der Waals surface area (Å²) in [6.07, 6.45) is 1.66. The van der Waals surface area contributed by atoms with Crippen molar-refractivity contribution in [1.82, 2.24) is 10.3 Å². The summed E-state index contributed by atoms with van der Waals surface area (Å²) in [5, 5.41) is 7.17. The van der Waals surface area contributed by atoms with Crippen molar-refractivity contribution in [1.29, 1.82) is 0 Å². The molecule has 0 saturated carbocycles. The highest BCUT2D eigenvalue weighted by Crippen LogP contribution is 2.37. The molecule has 1 aromatic heterocycles. The number of carbonyl (C=O) groups is 1. The Labute approximate surface area is 216 Å². The molecule has 0 bridgehead atoms. The number of nitrogens with zero attached hydrogens (tertiary/aromatic N) is 1. The monoisotopic (exact) mass is 527 g/mol. The van der Waals surface area contributed by atoms with Crippen molar-refractivity contribution in [2.24, 2.45) is 0 Å². The molecule has 10 heteroatoms. The molecule has 0 unspecified atom stereocenters. The first-order chi connectivity index (χ1) is 16.9. The van der Waals surface area contributed by atoms with Crippen LogP contribution in [0.3, 0.4) is 0 Å². The van der Waals surface area contributed by atoms with E-state index >= 15 is 0 Å². The van der Waals surface area contributed by atoms with Crippen LogP contribution >= 0.6 is 35.4 Å². The summed E-state index contributed by atoms with van der Waals surface area (Å²) >= 11 is 17.2. The maximum atomic E-state index is 12.4. The van der Waals surface area contributed by atoms with Crippen LogP contribution in [0.15, 0.2) is 66.9 Å². The van der Waals surface area contributed by atoms with Crippen LogP contribution in [0.5, 0.6) is 23.0 Å².